The molecule has 0 aliphatic heterocycles. The van der Waals surface area contributed by atoms with Gasteiger partial charge in [0.25, 0.3) is 0 Å². The van der Waals surface area contributed by atoms with Crippen LogP contribution in [-0.2, 0) is 0 Å². The third-order valence-corrected chi connectivity index (χ3v) is 3.02. The molecule has 0 fully saturated rings. The lowest BCUT2D eigenvalue weighted by Gasteiger charge is -2.15. The molecule has 4 heteroatoms. The normalized spacial score (nSPS) is 15.1. The lowest BCUT2D eigenvalue weighted by atomic mass is 10.2. The SMILES string of the molecule is N[C@@H](CSc1ccccc1)C(O)CO. The summed E-state index contributed by atoms with van der Waals surface area (Å²) in [6.07, 6.45) is -0.828. The Bertz CT molecular complexity index is 256. The Morgan fingerprint density at radius 1 is 1.29 bits per heavy atom. The lowest BCUT2D eigenvalue weighted by Crippen LogP contribution is -2.39. The molecule has 1 aromatic rings. The van der Waals surface area contributed by atoms with Gasteiger partial charge in [0.2, 0.25) is 0 Å². The molecular weight excluding hydrogens is 198 g/mol. The predicted molar refractivity (Wildman–Crippen MR) is 58.2 cm³/mol. The summed E-state index contributed by atoms with van der Waals surface area (Å²) in [6.45, 7) is -0.281. The molecule has 0 aliphatic carbocycles. The Hall–Kier alpha value is -0.550. The quantitative estimate of drug-likeness (QED) is 0.622. The minimum Gasteiger partial charge on any atom is -0.394 e. The van der Waals surface area contributed by atoms with Gasteiger partial charge in [-0.15, -0.1) is 11.8 Å². The van der Waals surface area contributed by atoms with Crippen LogP contribution in [0.4, 0.5) is 0 Å². The van der Waals surface area contributed by atoms with Crippen LogP contribution < -0.4 is 5.73 Å². The molecule has 0 heterocycles. The van der Waals surface area contributed by atoms with E-state index in [1.54, 1.807) is 11.8 Å². The highest BCUT2D eigenvalue weighted by molar-refractivity contribution is 7.99. The topological polar surface area (TPSA) is 66.5 Å². The summed E-state index contributed by atoms with van der Waals surface area (Å²) in [5.41, 5.74) is 5.64. The second-order valence-electron chi connectivity index (χ2n) is 3.04. The minimum absolute atomic E-state index is 0.281. The van der Waals surface area contributed by atoms with E-state index in [4.69, 9.17) is 10.8 Å². The van der Waals surface area contributed by atoms with Gasteiger partial charge in [0.15, 0.2) is 0 Å². The zero-order chi connectivity index (χ0) is 10.4. The van der Waals surface area contributed by atoms with E-state index in [9.17, 15) is 5.11 Å². The van der Waals surface area contributed by atoms with Crippen molar-refractivity contribution in [3.63, 3.8) is 0 Å². The maximum atomic E-state index is 9.22. The van der Waals surface area contributed by atoms with Crippen LogP contribution in [0.25, 0.3) is 0 Å². The second-order valence-corrected chi connectivity index (χ2v) is 4.13. The van der Waals surface area contributed by atoms with Gasteiger partial charge in [0.1, 0.15) is 0 Å². The molecule has 0 saturated heterocycles. The molecule has 14 heavy (non-hydrogen) atoms. The van der Waals surface area contributed by atoms with Crippen LogP contribution in [0.5, 0.6) is 0 Å². The van der Waals surface area contributed by atoms with E-state index >= 15 is 0 Å². The maximum absolute atomic E-state index is 9.22. The van der Waals surface area contributed by atoms with Gasteiger partial charge in [-0.1, -0.05) is 18.2 Å². The summed E-state index contributed by atoms with van der Waals surface area (Å²) < 4.78 is 0. The molecule has 1 unspecified atom stereocenters. The van der Waals surface area contributed by atoms with Crippen molar-refractivity contribution in [2.45, 2.75) is 17.0 Å². The van der Waals surface area contributed by atoms with Crippen LogP contribution in [0, 0.1) is 0 Å². The number of aliphatic hydroxyl groups is 2. The standard InChI is InChI=1S/C10H15NO2S/c11-9(10(13)6-12)7-14-8-4-2-1-3-5-8/h1-5,9-10,12-13H,6-7,11H2/t9-,10?/m0/s1. The third kappa shape index (κ3) is 3.67. The van der Waals surface area contributed by atoms with Crippen molar-refractivity contribution < 1.29 is 10.2 Å². The minimum atomic E-state index is -0.828. The molecule has 1 rings (SSSR count). The molecule has 0 aliphatic rings. The van der Waals surface area contributed by atoms with Gasteiger partial charge in [-0.3, -0.25) is 0 Å². The average molecular weight is 213 g/mol. The van der Waals surface area contributed by atoms with E-state index in [-0.39, 0.29) is 12.6 Å². The van der Waals surface area contributed by atoms with Gasteiger partial charge in [-0.05, 0) is 12.1 Å². The molecular formula is C10H15NO2S. The number of hydrogen-bond acceptors (Lipinski definition) is 4. The third-order valence-electron chi connectivity index (χ3n) is 1.87. The van der Waals surface area contributed by atoms with Crippen molar-refractivity contribution in [2.24, 2.45) is 5.73 Å². The molecule has 1 aromatic carbocycles. The largest absolute Gasteiger partial charge is 0.394 e. The number of rotatable bonds is 5. The van der Waals surface area contributed by atoms with E-state index in [2.05, 4.69) is 0 Å². The fraction of sp³-hybridized carbons (Fsp3) is 0.400. The Balaban J connectivity index is 2.34. The molecule has 3 nitrogen and oxygen atoms in total. The highest BCUT2D eigenvalue weighted by Crippen LogP contribution is 2.17. The van der Waals surface area contributed by atoms with Gasteiger partial charge in [-0.2, -0.15) is 0 Å². The number of benzene rings is 1. The highest BCUT2D eigenvalue weighted by atomic mass is 32.2. The Kier molecular flexibility index (Phi) is 4.97. The van der Waals surface area contributed by atoms with E-state index in [1.165, 1.54) is 0 Å². The Morgan fingerprint density at radius 2 is 1.93 bits per heavy atom. The Labute approximate surface area is 87.9 Å². The van der Waals surface area contributed by atoms with Crippen molar-refractivity contribution in [3.8, 4) is 0 Å². The first-order valence-electron chi connectivity index (χ1n) is 4.46. The predicted octanol–water partition coefficient (Wildman–Crippen LogP) is 0.459. The van der Waals surface area contributed by atoms with Crippen LogP contribution in [0.1, 0.15) is 0 Å². The first kappa shape index (κ1) is 11.5. The fourth-order valence-corrected chi connectivity index (χ4v) is 1.91. The number of hydrogen-bond donors (Lipinski definition) is 3. The van der Waals surface area contributed by atoms with Crippen molar-refractivity contribution in [3.05, 3.63) is 30.3 Å². The Morgan fingerprint density at radius 3 is 2.50 bits per heavy atom. The van der Waals surface area contributed by atoms with Crippen LogP contribution in [0.2, 0.25) is 0 Å². The molecule has 0 saturated carbocycles. The number of thioether (sulfide) groups is 1. The zero-order valence-corrected chi connectivity index (χ0v) is 8.65. The molecule has 4 N–H and O–H groups in total. The van der Waals surface area contributed by atoms with E-state index < -0.39 is 6.10 Å². The molecule has 0 amide bonds. The first-order chi connectivity index (χ1) is 6.74. The molecule has 0 bridgehead atoms. The molecule has 0 radical (unpaired) electrons. The van der Waals surface area contributed by atoms with Crippen molar-refractivity contribution in [2.75, 3.05) is 12.4 Å². The van der Waals surface area contributed by atoms with Gasteiger partial charge in [-0.25, -0.2) is 0 Å². The van der Waals surface area contributed by atoms with Crippen LogP contribution in [0.15, 0.2) is 35.2 Å². The summed E-state index contributed by atoms with van der Waals surface area (Å²) in [6, 6.07) is 9.45. The molecule has 2 atom stereocenters. The van der Waals surface area contributed by atoms with Crippen LogP contribution in [-0.4, -0.2) is 34.7 Å². The van der Waals surface area contributed by atoms with Gasteiger partial charge in [0, 0.05) is 16.7 Å². The average Bonchev–Trinajstić information content (AvgIpc) is 2.26. The van der Waals surface area contributed by atoms with Crippen molar-refractivity contribution in [1.29, 1.82) is 0 Å². The van der Waals surface area contributed by atoms with Crippen LogP contribution in [0.3, 0.4) is 0 Å². The summed E-state index contributed by atoms with van der Waals surface area (Å²) in [4.78, 5) is 1.12. The monoisotopic (exact) mass is 213 g/mol. The smallest absolute Gasteiger partial charge is 0.0929 e. The first-order valence-corrected chi connectivity index (χ1v) is 5.45. The molecule has 0 spiro atoms. The van der Waals surface area contributed by atoms with E-state index in [0.29, 0.717) is 5.75 Å². The van der Waals surface area contributed by atoms with Gasteiger partial charge >= 0.3 is 0 Å². The molecule has 0 aromatic heterocycles. The van der Waals surface area contributed by atoms with Gasteiger partial charge < -0.3 is 15.9 Å². The summed E-state index contributed by atoms with van der Waals surface area (Å²) in [5, 5.41) is 17.9. The van der Waals surface area contributed by atoms with Gasteiger partial charge in [0.05, 0.1) is 12.7 Å². The fourth-order valence-electron chi connectivity index (χ4n) is 0.956. The summed E-state index contributed by atoms with van der Waals surface area (Å²) in [7, 11) is 0. The lowest BCUT2D eigenvalue weighted by molar-refractivity contribution is 0.0800. The number of aliphatic hydroxyl groups excluding tert-OH is 2. The van der Waals surface area contributed by atoms with E-state index in [0.717, 1.165) is 4.90 Å². The molecule has 78 valence electrons. The zero-order valence-electron chi connectivity index (χ0n) is 7.84. The van der Waals surface area contributed by atoms with Crippen LogP contribution >= 0.6 is 11.8 Å². The highest BCUT2D eigenvalue weighted by Gasteiger charge is 2.13. The number of nitrogens with two attached hydrogens (primary N) is 1. The summed E-state index contributed by atoms with van der Waals surface area (Å²) in [5.74, 6) is 0.603. The summed E-state index contributed by atoms with van der Waals surface area (Å²) >= 11 is 1.58. The van der Waals surface area contributed by atoms with E-state index in [1.807, 2.05) is 30.3 Å². The second kappa shape index (κ2) is 6.03. The van der Waals surface area contributed by atoms with Crippen molar-refractivity contribution >= 4 is 11.8 Å². The van der Waals surface area contributed by atoms with Crippen molar-refractivity contribution in [1.82, 2.24) is 0 Å². The maximum Gasteiger partial charge on any atom is 0.0929 e.